The molecule has 2 N–H and O–H groups in total. The van der Waals surface area contributed by atoms with Gasteiger partial charge >= 0.3 is 6.03 Å². The number of aliphatic hydroxyl groups excluding tert-OH is 1. The Balaban J connectivity index is 1.92. The highest BCUT2D eigenvalue weighted by molar-refractivity contribution is 6.32. The third-order valence-corrected chi connectivity index (χ3v) is 4.35. The number of anilines is 1. The molecule has 128 valence electrons. The molecule has 0 spiro atoms. The predicted molar refractivity (Wildman–Crippen MR) is 92.2 cm³/mol. The average Bonchev–Trinajstić information content (AvgIpc) is 2.49. The lowest BCUT2D eigenvalue weighted by molar-refractivity contribution is 0.0820. The number of benzene rings is 1. The molecular weight excluding hydrogens is 316 g/mol. The summed E-state index contributed by atoms with van der Waals surface area (Å²) in [5.41, 5.74) is 0.647. The lowest BCUT2D eigenvalue weighted by atomic mass is 9.92. The number of urea groups is 1. The average molecular weight is 341 g/mol. The molecule has 1 aliphatic rings. The van der Waals surface area contributed by atoms with E-state index in [-0.39, 0.29) is 24.2 Å². The van der Waals surface area contributed by atoms with Gasteiger partial charge in [0.15, 0.2) is 0 Å². The number of piperidine rings is 1. The Morgan fingerprint density at radius 2 is 2.00 bits per heavy atom. The van der Waals surface area contributed by atoms with Crippen LogP contribution in [-0.2, 0) is 0 Å². The summed E-state index contributed by atoms with van der Waals surface area (Å²) < 4.78 is 5.58. The highest BCUT2D eigenvalue weighted by Crippen LogP contribution is 2.29. The second kappa shape index (κ2) is 7.88. The van der Waals surface area contributed by atoms with E-state index in [1.54, 1.807) is 23.1 Å². The maximum absolute atomic E-state index is 12.3. The van der Waals surface area contributed by atoms with Gasteiger partial charge in [-0.2, -0.15) is 0 Å². The maximum Gasteiger partial charge on any atom is 0.321 e. The first-order valence-electron chi connectivity index (χ1n) is 8.07. The molecule has 1 unspecified atom stereocenters. The molecule has 0 saturated carbocycles. The predicted octanol–water partition coefficient (Wildman–Crippen LogP) is 3.75. The Labute approximate surface area is 142 Å². The Hall–Kier alpha value is -1.46. The van der Waals surface area contributed by atoms with Crippen LogP contribution in [0.1, 0.15) is 33.6 Å². The molecule has 0 bridgehead atoms. The quantitative estimate of drug-likeness (QED) is 0.877. The van der Waals surface area contributed by atoms with Crippen molar-refractivity contribution in [1.82, 2.24) is 4.90 Å². The van der Waals surface area contributed by atoms with Crippen LogP contribution in [0.25, 0.3) is 0 Å². The number of carbonyl (C=O) groups excluding carboxylic acids is 1. The van der Waals surface area contributed by atoms with Gasteiger partial charge in [0.2, 0.25) is 0 Å². The van der Waals surface area contributed by atoms with Crippen LogP contribution >= 0.6 is 11.6 Å². The number of ether oxygens (including phenoxy) is 1. The first kappa shape index (κ1) is 17.9. The fourth-order valence-corrected chi connectivity index (χ4v) is 2.94. The minimum Gasteiger partial charge on any atom is -0.489 e. The van der Waals surface area contributed by atoms with E-state index < -0.39 is 0 Å². The zero-order valence-electron chi connectivity index (χ0n) is 13.9. The summed E-state index contributed by atoms with van der Waals surface area (Å²) in [6.45, 7) is 6.99. The number of amides is 2. The Bertz CT molecular complexity index is 541. The van der Waals surface area contributed by atoms with Crippen LogP contribution in [0.15, 0.2) is 18.2 Å². The number of hydrogen-bond acceptors (Lipinski definition) is 3. The summed E-state index contributed by atoms with van der Waals surface area (Å²) in [6, 6.07) is 5.10. The molecule has 1 aromatic rings. The van der Waals surface area contributed by atoms with E-state index >= 15 is 0 Å². The molecule has 0 aromatic heterocycles. The number of aliphatic hydroxyl groups is 1. The number of nitrogens with zero attached hydrogens (tertiary/aromatic N) is 1. The largest absolute Gasteiger partial charge is 0.489 e. The van der Waals surface area contributed by atoms with Gasteiger partial charge in [-0.1, -0.05) is 11.6 Å². The van der Waals surface area contributed by atoms with Crippen LogP contribution in [0.4, 0.5) is 10.5 Å². The lowest BCUT2D eigenvalue weighted by Gasteiger charge is -2.33. The van der Waals surface area contributed by atoms with E-state index in [2.05, 4.69) is 5.32 Å². The van der Waals surface area contributed by atoms with Crippen molar-refractivity contribution in [1.29, 1.82) is 0 Å². The zero-order chi connectivity index (χ0) is 17.0. The number of hydrogen-bond donors (Lipinski definition) is 2. The monoisotopic (exact) mass is 340 g/mol. The standard InChI is InChI=1S/C17H25ClN2O3/c1-11(2)23-16-5-4-14(10-15(16)18)19-17(22)20-8-6-13(7-9-20)12(3)21/h4-5,10-13,21H,6-9H2,1-3H3,(H,19,22). The molecule has 0 aliphatic carbocycles. The molecule has 2 amide bonds. The van der Waals surface area contributed by atoms with Gasteiger partial charge in [-0.15, -0.1) is 0 Å². The highest BCUT2D eigenvalue weighted by atomic mass is 35.5. The first-order chi connectivity index (χ1) is 10.9. The minimum absolute atomic E-state index is 0.0446. The highest BCUT2D eigenvalue weighted by Gasteiger charge is 2.25. The van der Waals surface area contributed by atoms with Gasteiger partial charge in [0, 0.05) is 18.8 Å². The van der Waals surface area contributed by atoms with Crippen LogP contribution in [0.5, 0.6) is 5.75 Å². The zero-order valence-corrected chi connectivity index (χ0v) is 14.6. The molecule has 5 nitrogen and oxygen atoms in total. The molecule has 1 heterocycles. The van der Waals surface area contributed by atoms with Crippen molar-refractivity contribution in [2.45, 2.75) is 45.8 Å². The van der Waals surface area contributed by atoms with Gasteiger partial charge in [-0.3, -0.25) is 0 Å². The molecule has 1 aromatic carbocycles. The fraction of sp³-hybridized carbons (Fsp3) is 0.588. The van der Waals surface area contributed by atoms with E-state index in [1.807, 2.05) is 20.8 Å². The van der Waals surface area contributed by atoms with Crippen LogP contribution in [0.3, 0.4) is 0 Å². The topological polar surface area (TPSA) is 61.8 Å². The summed E-state index contributed by atoms with van der Waals surface area (Å²) in [7, 11) is 0. The Morgan fingerprint density at radius 1 is 1.35 bits per heavy atom. The Morgan fingerprint density at radius 3 is 2.52 bits per heavy atom. The molecule has 0 radical (unpaired) electrons. The molecular formula is C17H25ClN2O3. The molecule has 1 atom stereocenters. The van der Waals surface area contributed by atoms with Crippen LogP contribution < -0.4 is 10.1 Å². The third-order valence-electron chi connectivity index (χ3n) is 4.05. The van der Waals surface area contributed by atoms with Gasteiger partial charge < -0.3 is 20.1 Å². The maximum atomic E-state index is 12.3. The lowest BCUT2D eigenvalue weighted by Crippen LogP contribution is -2.42. The van der Waals surface area contributed by atoms with Crippen molar-refractivity contribution in [2.24, 2.45) is 5.92 Å². The van der Waals surface area contributed by atoms with Crippen LogP contribution in [0.2, 0.25) is 5.02 Å². The third kappa shape index (κ3) is 5.01. The van der Waals surface area contributed by atoms with Crippen molar-refractivity contribution >= 4 is 23.3 Å². The molecule has 2 rings (SSSR count). The number of nitrogens with one attached hydrogen (secondary N) is 1. The van der Waals surface area contributed by atoms with E-state index in [0.29, 0.717) is 29.5 Å². The van der Waals surface area contributed by atoms with Gasteiger partial charge in [-0.05, 0) is 57.7 Å². The normalized spacial score (nSPS) is 17.2. The first-order valence-corrected chi connectivity index (χ1v) is 8.45. The summed E-state index contributed by atoms with van der Waals surface area (Å²) in [5, 5.41) is 12.9. The van der Waals surface area contributed by atoms with Gasteiger partial charge in [0.1, 0.15) is 5.75 Å². The number of carbonyl (C=O) groups is 1. The summed E-state index contributed by atoms with van der Waals surface area (Å²) in [5.74, 6) is 0.887. The minimum atomic E-state index is -0.312. The fourth-order valence-electron chi connectivity index (χ4n) is 2.72. The number of likely N-dealkylation sites (tertiary alicyclic amines) is 1. The number of rotatable bonds is 4. The molecule has 1 fully saturated rings. The molecule has 6 heteroatoms. The van der Waals surface area contributed by atoms with Crippen LogP contribution in [-0.4, -0.2) is 41.3 Å². The van der Waals surface area contributed by atoms with E-state index in [0.717, 1.165) is 12.8 Å². The summed E-state index contributed by atoms with van der Waals surface area (Å²) in [4.78, 5) is 14.1. The van der Waals surface area contributed by atoms with E-state index in [9.17, 15) is 9.90 Å². The van der Waals surface area contributed by atoms with Crippen molar-refractivity contribution in [3.05, 3.63) is 23.2 Å². The molecule has 1 saturated heterocycles. The van der Waals surface area contributed by atoms with Crippen molar-refractivity contribution in [3.63, 3.8) is 0 Å². The second-order valence-corrected chi connectivity index (χ2v) is 6.71. The molecule has 23 heavy (non-hydrogen) atoms. The summed E-state index contributed by atoms with van der Waals surface area (Å²) >= 11 is 6.18. The van der Waals surface area contributed by atoms with E-state index in [4.69, 9.17) is 16.3 Å². The summed E-state index contributed by atoms with van der Waals surface area (Å²) in [6.07, 6.45) is 1.38. The van der Waals surface area contributed by atoms with Gasteiger partial charge in [0.05, 0.1) is 17.2 Å². The smallest absolute Gasteiger partial charge is 0.321 e. The SMILES string of the molecule is CC(C)Oc1ccc(NC(=O)N2CCC(C(C)O)CC2)cc1Cl. The Kier molecular flexibility index (Phi) is 6.13. The van der Waals surface area contributed by atoms with Crippen molar-refractivity contribution in [2.75, 3.05) is 18.4 Å². The van der Waals surface area contributed by atoms with Crippen molar-refractivity contribution < 1.29 is 14.6 Å². The van der Waals surface area contributed by atoms with E-state index in [1.165, 1.54) is 0 Å². The van der Waals surface area contributed by atoms with Crippen LogP contribution in [0, 0.1) is 5.92 Å². The van der Waals surface area contributed by atoms with Gasteiger partial charge in [-0.25, -0.2) is 4.79 Å². The van der Waals surface area contributed by atoms with Crippen molar-refractivity contribution in [3.8, 4) is 5.75 Å². The second-order valence-electron chi connectivity index (χ2n) is 6.31. The molecule has 1 aliphatic heterocycles. The number of halogens is 1. The van der Waals surface area contributed by atoms with Gasteiger partial charge in [0.25, 0.3) is 0 Å².